The number of rotatable bonds is 6. The molecule has 7 heteroatoms. The van der Waals surface area contributed by atoms with E-state index < -0.39 is 0 Å². The summed E-state index contributed by atoms with van der Waals surface area (Å²) in [5.41, 5.74) is 2.23. The maximum Gasteiger partial charge on any atom is 0.318 e. The zero-order valence-electron chi connectivity index (χ0n) is 17.2. The van der Waals surface area contributed by atoms with Crippen LogP contribution in [0.15, 0.2) is 40.8 Å². The van der Waals surface area contributed by atoms with Crippen LogP contribution in [-0.4, -0.2) is 32.2 Å². The average molecular weight is 400 g/mol. The molecule has 1 aromatic heterocycles. The third kappa shape index (κ3) is 4.29. The van der Waals surface area contributed by atoms with Gasteiger partial charge in [-0.15, -0.1) is 0 Å². The number of carbonyl (C=O) groups excluding carboxylic acids is 1. The largest absolute Gasteiger partial charge is 0.497 e. The molecule has 6 nitrogen and oxygen atoms in total. The van der Waals surface area contributed by atoms with Crippen LogP contribution >= 0.6 is 0 Å². The molecule has 0 saturated heterocycles. The standard InChI is InChI=1S/C22H25FN2O4/c1-13-18-11-16(23)6-8-20(18)29-21(13)14(2)24-22(26)25(3)12-15-10-17(27-4)7-9-19(15)28-5/h6-11,14H,12H2,1-5H3,(H,24,26). The maximum atomic E-state index is 13.5. The van der Waals surface area contributed by atoms with Crippen LogP contribution in [0.2, 0.25) is 0 Å². The first-order valence-corrected chi connectivity index (χ1v) is 9.25. The van der Waals surface area contributed by atoms with Crippen molar-refractivity contribution in [3.05, 3.63) is 59.1 Å². The van der Waals surface area contributed by atoms with E-state index in [0.717, 1.165) is 11.1 Å². The minimum atomic E-state index is -0.382. The second-order valence-electron chi connectivity index (χ2n) is 6.94. The minimum Gasteiger partial charge on any atom is -0.497 e. The van der Waals surface area contributed by atoms with Gasteiger partial charge in [0.2, 0.25) is 0 Å². The summed E-state index contributed by atoms with van der Waals surface area (Å²) in [5.74, 6) is 1.64. The monoisotopic (exact) mass is 400 g/mol. The SMILES string of the molecule is COc1ccc(OC)c(CN(C)C(=O)NC(C)c2oc3ccc(F)cc3c2C)c1. The number of nitrogens with one attached hydrogen (secondary N) is 1. The Morgan fingerprint density at radius 2 is 1.97 bits per heavy atom. The lowest BCUT2D eigenvalue weighted by molar-refractivity contribution is 0.201. The molecule has 0 fully saturated rings. The predicted octanol–water partition coefficient (Wildman–Crippen LogP) is 4.80. The molecule has 3 rings (SSSR count). The first-order chi connectivity index (χ1) is 13.8. The third-order valence-corrected chi connectivity index (χ3v) is 4.91. The number of benzene rings is 2. The van der Waals surface area contributed by atoms with Crippen LogP contribution in [0.5, 0.6) is 11.5 Å². The van der Waals surface area contributed by atoms with Gasteiger partial charge in [0.15, 0.2) is 0 Å². The zero-order valence-corrected chi connectivity index (χ0v) is 17.2. The smallest absolute Gasteiger partial charge is 0.318 e. The van der Waals surface area contributed by atoms with Gasteiger partial charge in [-0.1, -0.05) is 0 Å². The van der Waals surface area contributed by atoms with Gasteiger partial charge in [0.05, 0.1) is 26.8 Å². The van der Waals surface area contributed by atoms with Crippen LogP contribution in [-0.2, 0) is 6.54 Å². The van der Waals surface area contributed by atoms with Crippen molar-refractivity contribution in [2.45, 2.75) is 26.4 Å². The van der Waals surface area contributed by atoms with Crippen molar-refractivity contribution < 1.29 is 23.1 Å². The van der Waals surface area contributed by atoms with E-state index in [4.69, 9.17) is 13.9 Å². The first kappa shape index (κ1) is 20.5. The summed E-state index contributed by atoms with van der Waals surface area (Å²) in [6.45, 7) is 4.02. The van der Waals surface area contributed by atoms with E-state index in [2.05, 4.69) is 5.32 Å². The Balaban J connectivity index is 1.74. The molecular formula is C22H25FN2O4. The molecule has 0 aliphatic rings. The highest BCUT2D eigenvalue weighted by molar-refractivity contribution is 5.82. The van der Waals surface area contributed by atoms with Crippen molar-refractivity contribution in [3.63, 3.8) is 0 Å². The van der Waals surface area contributed by atoms with Gasteiger partial charge in [0, 0.05) is 23.6 Å². The number of urea groups is 1. The van der Waals surface area contributed by atoms with Gasteiger partial charge >= 0.3 is 6.03 Å². The molecule has 154 valence electrons. The predicted molar refractivity (Wildman–Crippen MR) is 109 cm³/mol. The van der Waals surface area contributed by atoms with E-state index in [1.807, 2.05) is 19.9 Å². The van der Waals surface area contributed by atoms with Gasteiger partial charge in [-0.2, -0.15) is 0 Å². The van der Waals surface area contributed by atoms with E-state index >= 15 is 0 Å². The van der Waals surface area contributed by atoms with Crippen molar-refractivity contribution in [1.82, 2.24) is 10.2 Å². The quantitative estimate of drug-likeness (QED) is 0.646. The molecule has 1 heterocycles. The fourth-order valence-electron chi connectivity index (χ4n) is 3.32. The molecule has 0 spiro atoms. The molecule has 0 aliphatic carbocycles. The fourth-order valence-corrected chi connectivity index (χ4v) is 3.32. The van der Waals surface area contributed by atoms with Gasteiger partial charge in [0.1, 0.15) is 28.7 Å². The summed E-state index contributed by atoms with van der Waals surface area (Å²) in [6, 6.07) is 9.18. The van der Waals surface area contributed by atoms with Gasteiger partial charge in [-0.25, -0.2) is 9.18 Å². The Morgan fingerprint density at radius 3 is 2.66 bits per heavy atom. The van der Waals surface area contributed by atoms with Gasteiger partial charge in [-0.3, -0.25) is 0 Å². The number of ether oxygens (including phenoxy) is 2. The Hall–Kier alpha value is -3.22. The van der Waals surface area contributed by atoms with Crippen molar-refractivity contribution in [3.8, 4) is 11.5 Å². The fraction of sp³-hybridized carbons (Fsp3) is 0.318. The highest BCUT2D eigenvalue weighted by Crippen LogP contribution is 2.30. The summed E-state index contributed by atoms with van der Waals surface area (Å²) >= 11 is 0. The molecule has 3 aromatic rings. The lowest BCUT2D eigenvalue weighted by Gasteiger charge is -2.22. The molecule has 1 atom stereocenters. The number of methoxy groups -OCH3 is 2. The number of nitrogens with zero attached hydrogens (tertiary/aromatic N) is 1. The van der Waals surface area contributed by atoms with Crippen molar-refractivity contribution in [1.29, 1.82) is 0 Å². The Bertz CT molecular complexity index is 1030. The molecule has 0 radical (unpaired) electrons. The van der Waals surface area contributed by atoms with Crippen LogP contribution in [0.25, 0.3) is 11.0 Å². The van der Waals surface area contributed by atoms with Crippen LogP contribution in [0.1, 0.15) is 29.9 Å². The molecule has 2 aromatic carbocycles. The second-order valence-corrected chi connectivity index (χ2v) is 6.94. The van der Waals surface area contributed by atoms with Crippen LogP contribution in [0.3, 0.4) is 0 Å². The second kappa shape index (κ2) is 8.43. The Kier molecular flexibility index (Phi) is 5.96. The van der Waals surface area contributed by atoms with Gasteiger partial charge < -0.3 is 24.1 Å². The lowest BCUT2D eigenvalue weighted by Crippen LogP contribution is -2.38. The molecule has 2 amide bonds. The number of hydrogen-bond donors (Lipinski definition) is 1. The van der Waals surface area contributed by atoms with E-state index in [0.29, 0.717) is 34.8 Å². The molecule has 29 heavy (non-hydrogen) atoms. The minimum absolute atomic E-state index is 0.270. The molecule has 1 N–H and O–H groups in total. The third-order valence-electron chi connectivity index (χ3n) is 4.91. The number of furan rings is 1. The number of carbonyl (C=O) groups is 1. The molecular weight excluding hydrogens is 375 g/mol. The highest BCUT2D eigenvalue weighted by Gasteiger charge is 2.21. The van der Waals surface area contributed by atoms with E-state index in [1.165, 1.54) is 12.1 Å². The Morgan fingerprint density at radius 1 is 1.21 bits per heavy atom. The first-order valence-electron chi connectivity index (χ1n) is 9.25. The van der Waals surface area contributed by atoms with Crippen LogP contribution < -0.4 is 14.8 Å². The van der Waals surface area contributed by atoms with Crippen molar-refractivity contribution in [2.24, 2.45) is 0 Å². The average Bonchev–Trinajstić information content (AvgIpc) is 3.03. The van der Waals surface area contributed by atoms with E-state index in [9.17, 15) is 9.18 Å². The Labute approximate surface area is 169 Å². The van der Waals surface area contributed by atoms with Gasteiger partial charge in [0.25, 0.3) is 0 Å². The molecule has 0 bridgehead atoms. The van der Waals surface area contributed by atoms with E-state index in [1.54, 1.807) is 44.4 Å². The van der Waals surface area contributed by atoms with Crippen LogP contribution in [0.4, 0.5) is 9.18 Å². The zero-order chi connectivity index (χ0) is 21.1. The molecule has 1 unspecified atom stereocenters. The lowest BCUT2D eigenvalue weighted by atomic mass is 10.1. The number of aryl methyl sites for hydroxylation is 1. The number of halogens is 1. The highest BCUT2D eigenvalue weighted by atomic mass is 19.1. The summed E-state index contributed by atoms with van der Waals surface area (Å²) < 4.78 is 30.0. The number of hydrogen-bond acceptors (Lipinski definition) is 4. The normalized spacial score (nSPS) is 11.9. The van der Waals surface area contributed by atoms with E-state index in [-0.39, 0.29) is 17.9 Å². The van der Waals surface area contributed by atoms with Gasteiger partial charge in [-0.05, 0) is 50.2 Å². The summed E-state index contributed by atoms with van der Waals surface area (Å²) in [5, 5.41) is 3.63. The summed E-state index contributed by atoms with van der Waals surface area (Å²) in [7, 11) is 4.87. The number of amides is 2. The van der Waals surface area contributed by atoms with Crippen LogP contribution in [0, 0.1) is 12.7 Å². The summed E-state index contributed by atoms with van der Waals surface area (Å²) in [6.07, 6.45) is 0. The van der Waals surface area contributed by atoms with Crippen molar-refractivity contribution >= 4 is 17.0 Å². The number of fused-ring (bicyclic) bond motifs is 1. The molecule has 0 aliphatic heterocycles. The topological polar surface area (TPSA) is 63.9 Å². The summed E-state index contributed by atoms with van der Waals surface area (Å²) in [4.78, 5) is 14.3. The van der Waals surface area contributed by atoms with Crippen molar-refractivity contribution in [2.75, 3.05) is 21.3 Å². The maximum absolute atomic E-state index is 13.5. The molecule has 0 saturated carbocycles.